The van der Waals surface area contributed by atoms with Crippen LogP contribution in [0.5, 0.6) is 0 Å². The third kappa shape index (κ3) is 6.24. The minimum absolute atomic E-state index is 0.0355. The van der Waals surface area contributed by atoms with E-state index in [9.17, 15) is 4.79 Å². The molecular weight excluding hydrogens is 282 g/mol. The second kappa shape index (κ2) is 9.28. The zero-order valence-corrected chi connectivity index (χ0v) is 14.1. The minimum atomic E-state index is -0.595. The van der Waals surface area contributed by atoms with E-state index in [-0.39, 0.29) is 5.91 Å². The van der Waals surface area contributed by atoms with Gasteiger partial charge in [0.05, 0.1) is 4.87 Å². The standard InChI is InChI=1S/C16H29N3OS/c1-3-4-5-10-16(21,12-17)19-15(20)14-8-6-13(7-9-14)11-18-2/h6,8,18,21H,3-5,7,9-12,17H2,1-2H3,(H,19,20). The number of rotatable bonds is 9. The molecule has 0 spiro atoms. The summed E-state index contributed by atoms with van der Waals surface area (Å²) in [6, 6.07) is 0. The molecule has 1 aliphatic rings. The number of hydrogen-bond donors (Lipinski definition) is 4. The van der Waals surface area contributed by atoms with Gasteiger partial charge in [-0.2, -0.15) is 12.6 Å². The monoisotopic (exact) mass is 311 g/mol. The van der Waals surface area contributed by atoms with Crippen LogP contribution in [0, 0.1) is 0 Å². The molecule has 0 bridgehead atoms. The molecule has 0 aromatic rings. The Labute approximate surface area is 134 Å². The van der Waals surface area contributed by atoms with Crippen LogP contribution in [0.4, 0.5) is 0 Å². The average Bonchev–Trinajstić information content (AvgIpc) is 2.48. The van der Waals surface area contributed by atoms with Gasteiger partial charge in [0.25, 0.3) is 0 Å². The molecule has 0 saturated carbocycles. The maximum absolute atomic E-state index is 12.3. The SMILES string of the molecule is CCCCCC(S)(CN)NC(=O)C1=CC=C(CNC)CC1. The number of hydrogen-bond acceptors (Lipinski definition) is 4. The van der Waals surface area contributed by atoms with E-state index in [2.05, 4.69) is 30.2 Å². The lowest BCUT2D eigenvalue weighted by Gasteiger charge is -2.29. The van der Waals surface area contributed by atoms with Gasteiger partial charge < -0.3 is 16.4 Å². The first-order chi connectivity index (χ1) is 10.0. The fraction of sp³-hybridized carbons (Fsp3) is 0.688. The third-order valence-electron chi connectivity index (χ3n) is 3.81. The smallest absolute Gasteiger partial charge is 0.248 e. The lowest BCUT2D eigenvalue weighted by Crippen LogP contribution is -2.50. The Hall–Kier alpha value is -0.780. The van der Waals surface area contributed by atoms with E-state index >= 15 is 0 Å². The molecule has 21 heavy (non-hydrogen) atoms. The van der Waals surface area contributed by atoms with Crippen LogP contribution in [-0.4, -0.2) is 30.9 Å². The maximum atomic E-state index is 12.3. The molecule has 0 aliphatic heterocycles. The van der Waals surface area contributed by atoms with Crippen LogP contribution in [0.2, 0.25) is 0 Å². The first-order valence-corrected chi connectivity index (χ1v) is 8.27. The number of likely N-dealkylation sites (N-methyl/N-ethyl adjacent to an activating group) is 1. The van der Waals surface area contributed by atoms with Crippen LogP contribution in [0.3, 0.4) is 0 Å². The van der Waals surface area contributed by atoms with Gasteiger partial charge in [-0.25, -0.2) is 0 Å². The summed E-state index contributed by atoms with van der Waals surface area (Å²) in [6.45, 7) is 3.38. The molecule has 0 fully saturated rings. The number of carbonyl (C=O) groups is 1. The lowest BCUT2D eigenvalue weighted by atomic mass is 9.97. The molecule has 1 rings (SSSR count). The van der Waals surface area contributed by atoms with Crippen LogP contribution in [0.15, 0.2) is 23.3 Å². The maximum Gasteiger partial charge on any atom is 0.248 e. The first-order valence-electron chi connectivity index (χ1n) is 7.83. The van der Waals surface area contributed by atoms with Crippen molar-refractivity contribution in [1.82, 2.24) is 10.6 Å². The second-order valence-electron chi connectivity index (χ2n) is 5.69. The molecule has 4 nitrogen and oxygen atoms in total. The third-order valence-corrected chi connectivity index (χ3v) is 4.33. The topological polar surface area (TPSA) is 67.1 Å². The van der Waals surface area contributed by atoms with E-state index in [1.54, 1.807) is 0 Å². The molecule has 0 radical (unpaired) electrons. The van der Waals surface area contributed by atoms with Gasteiger partial charge in [0.1, 0.15) is 0 Å². The lowest BCUT2D eigenvalue weighted by molar-refractivity contribution is -0.118. The van der Waals surface area contributed by atoms with E-state index in [1.807, 2.05) is 19.2 Å². The number of nitrogens with one attached hydrogen (secondary N) is 2. The molecule has 0 saturated heterocycles. The molecular formula is C16H29N3OS. The van der Waals surface area contributed by atoms with E-state index in [4.69, 9.17) is 5.73 Å². The highest BCUT2D eigenvalue weighted by molar-refractivity contribution is 7.81. The number of thiol groups is 1. The summed E-state index contributed by atoms with van der Waals surface area (Å²) in [4.78, 5) is 11.7. The zero-order chi connectivity index (χ0) is 15.7. The van der Waals surface area contributed by atoms with Gasteiger partial charge in [-0.15, -0.1) is 0 Å². The number of amides is 1. The first kappa shape index (κ1) is 18.3. The fourth-order valence-corrected chi connectivity index (χ4v) is 2.68. The molecule has 0 heterocycles. The van der Waals surface area contributed by atoms with Gasteiger partial charge in [0.15, 0.2) is 0 Å². The molecule has 5 heteroatoms. The summed E-state index contributed by atoms with van der Waals surface area (Å²) >= 11 is 4.59. The number of carbonyl (C=O) groups excluding carboxylic acids is 1. The van der Waals surface area contributed by atoms with Crippen molar-refractivity contribution in [2.24, 2.45) is 5.73 Å². The van der Waals surface area contributed by atoms with Crippen molar-refractivity contribution in [3.63, 3.8) is 0 Å². The molecule has 0 aromatic heterocycles. The van der Waals surface area contributed by atoms with Gasteiger partial charge in [-0.05, 0) is 26.3 Å². The van der Waals surface area contributed by atoms with Gasteiger partial charge in [0.2, 0.25) is 5.91 Å². The van der Waals surface area contributed by atoms with Gasteiger partial charge in [-0.3, -0.25) is 4.79 Å². The zero-order valence-electron chi connectivity index (χ0n) is 13.2. The highest BCUT2D eigenvalue weighted by Crippen LogP contribution is 2.22. The highest BCUT2D eigenvalue weighted by atomic mass is 32.1. The van der Waals surface area contributed by atoms with Crippen LogP contribution in [0.25, 0.3) is 0 Å². The predicted molar refractivity (Wildman–Crippen MR) is 92.4 cm³/mol. The highest BCUT2D eigenvalue weighted by Gasteiger charge is 2.27. The molecule has 4 N–H and O–H groups in total. The summed E-state index contributed by atoms with van der Waals surface area (Å²) < 4.78 is 0. The number of nitrogens with two attached hydrogens (primary N) is 1. The van der Waals surface area contributed by atoms with Crippen molar-refractivity contribution in [2.75, 3.05) is 20.1 Å². The van der Waals surface area contributed by atoms with Crippen molar-refractivity contribution >= 4 is 18.5 Å². The Kier molecular flexibility index (Phi) is 8.07. The number of allylic oxidation sites excluding steroid dienone is 2. The van der Waals surface area contributed by atoms with Crippen molar-refractivity contribution in [1.29, 1.82) is 0 Å². The molecule has 0 aromatic carbocycles. The Morgan fingerprint density at radius 1 is 1.38 bits per heavy atom. The molecule has 1 amide bonds. The molecule has 120 valence electrons. The minimum Gasteiger partial charge on any atom is -0.337 e. The quantitative estimate of drug-likeness (QED) is 0.300. The van der Waals surface area contributed by atoms with Crippen molar-refractivity contribution < 1.29 is 4.79 Å². The van der Waals surface area contributed by atoms with Crippen molar-refractivity contribution in [2.45, 2.75) is 50.3 Å². The Balaban J connectivity index is 2.58. The normalized spacial score (nSPS) is 17.7. The fourth-order valence-electron chi connectivity index (χ4n) is 2.42. The van der Waals surface area contributed by atoms with Crippen LogP contribution >= 0.6 is 12.6 Å². The van der Waals surface area contributed by atoms with Gasteiger partial charge in [-0.1, -0.05) is 43.9 Å². The predicted octanol–water partition coefficient (Wildman–Crippen LogP) is 2.13. The van der Waals surface area contributed by atoms with E-state index in [1.165, 1.54) is 5.57 Å². The summed E-state index contributed by atoms with van der Waals surface area (Å²) in [5.74, 6) is -0.0355. The summed E-state index contributed by atoms with van der Waals surface area (Å²) in [7, 11) is 1.93. The molecule has 1 aliphatic carbocycles. The van der Waals surface area contributed by atoms with Crippen LogP contribution < -0.4 is 16.4 Å². The Bertz CT molecular complexity index is 406. The van der Waals surface area contributed by atoms with Crippen LogP contribution in [0.1, 0.15) is 45.4 Å². The molecule has 1 atom stereocenters. The number of unbranched alkanes of at least 4 members (excludes halogenated alkanes) is 2. The van der Waals surface area contributed by atoms with Crippen molar-refractivity contribution in [3.05, 3.63) is 23.3 Å². The average molecular weight is 311 g/mol. The van der Waals surface area contributed by atoms with Gasteiger partial charge >= 0.3 is 0 Å². The van der Waals surface area contributed by atoms with Crippen molar-refractivity contribution in [3.8, 4) is 0 Å². The Morgan fingerprint density at radius 3 is 2.67 bits per heavy atom. The molecule has 1 unspecified atom stereocenters. The van der Waals surface area contributed by atoms with E-state index in [0.29, 0.717) is 6.54 Å². The summed E-state index contributed by atoms with van der Waals surface area (Å²) in [6.07, 6.45) is 9.78. The summed E-state index contributed by atoms with van der Waals surface area (Å²) in [5, 5.41) is 6.14. The Morgan fingerprint density at radius 2 is 2.14 bits per heavy atom. The largest absolute Gasteiger partial charge is 0.337 e. The second-order valence-corrected chi connectivity index (χ2v) is 6.55. The van der Waals surface area contributed by atoms with E-state index in [0.717, 1.165) is 50.6 Å². The van der Waals surface area contributed by atoms with E-state index < -0.39 is 4.87 Å². The van der Waals surface area contributed by atoms with Crippen LogP contribution in [-0.2, 0) is 4.79 Å². The van der Waals surface area contributed by atoms with Gasteiger partial charge in [0, 0.05) is 18.7 Å². The summed E-state index contributed by atoms with van der Waals surface area (Å²) in [5.41, 5.74) is 7.94.